The van der Waals surface area contributed by atoms with Gasteiger partial charge in [0, 0.05) is 13.3 Å². The highest BCUT2D eigenvalue weighted by Crippen LogP contribution is 2.43. The zero-order valence-corrected chi connectivity index (χ0v) is 15.7. The molecule has 0 aliphatic carbocycles. The van der Waals surface area contributed by atoms with E-state index >= 15 is 0 Å². The van der Waals surface area contributed by atoms with E-state index in [9.17, 15) is 22.5 Å². The third-order valence-corrected chi connectivity index (χ3v) is 5.13. The molecule has 28 heavy (non-hydrogen) atoms. The van der Waals surface area contributed by atoms with Gasteiger partial charge in [-0.2, -0.15) is 23.1 Å². The summed E-state index contributed by atoms with van der Waals surface area (Å²) < 4.78 is 66.9. The lowest BCUT2D eigenvalue weighted by Crippen LogP contribution is -2.35. The maximum atomic E-state index is 13.2. The number of hydrogen-bond donors (Lipinski definition) is 2. The van der Waals surface area contributed by atoms with Crippen molar-refractivity contribution in [2.45, 2.75) is 6.18 Å². The number of alkyl halides is 3. The van der Waals surface area contributed by atoms with Crippen molar-refractivity contribution < 1.29 is 36.5 Å². The first-order valence-corrected chi connectivity index (χ1v) is 9.00. The number of pyridine rings is 1. The quantitative estimate of drug-likeness (QED) is 0.681. The fourth-order valence-corrected chi connectivity index (χ4v) is 3.40. The number of methoxy groups -OCH3 is 2. The Morgan fingerprint density at radius 3 is 2.25 bits per heavy atom. The van der Waals surface area contributed by atoms with E-state index in [0.29, 0.717) is 6.07 Å². The Morgan fingerprint density at radius 1 is 1.14 bits per heavy atom. The zero-order chi connectivity index (χ0) is 20.9. The molecule has 14 heteroatoms. The first-order valence-electron chi connectivity index (χ1n) is 7.38. The molecule has 2 amide bonds. The number of carbonyl (C=O) groups is 1. The summed E-state index contributed by atoms with van der Waals surface area (Å²) in [6.07, 6.45) is -3.87. The number of urea groups is 1. The minimum atomic E-state index is -4.86. The molecule has 2 N–H and O–H groups in total. The lowest BCUT2D eigenvalue weighted by Gasteiger charge is -2.20. The fraction of sp³-hybridized carbons (Fsp3) is 0.286. The molecule has 2 aromatic heterocycles. The van der Waals surface area contributed by atoms with Crippen LogP contribution in [-0.4, -0.2) is 42.3 Å². The van der Waals surface area contributed by atoms with Gasteiger partial charge < -0.3 is 14.0 Å². The van der Waals surface area contributed by atoms with E-state index in [2.05, 4.69) is 24.8 Å². The first kappa shape index (κ1) is 21.4. The molecule has 0 radical (unpaired) electrons. The number of amides is 2. The molecule has 0 saturated carbocycles. The van der Waals surface area contributed by atoms with Crippen molar-refractivity contribution in [2.75, 3.05) is 26.6 Å². The van der Waals surface area contributed by atoms with Crippen LogP contribution in [0.3, 0.4) is 0 Å². The lowest BCUT2D eigenvalue weighted by molar-refractivity contribution is -0.137. The molecule has 2 rings (SSSR count). The number of halogens is 3. The summed E-state index contributed by atoms with van der Waals surface area (Å²) in [5.41, 5.74) is -2.26. The number of ether oxygens (including phenoxy) is 2. The average Bonchev–Trinajstić information content (AvgIpc) is 2.66. The predicted octanol–water partition coefficient (Wildman–Crippen LogP) is 2.19. The molecule has 0 aromatic carbocycles. The van der Waals surface area contributed by atoms with Gasteiger partial charge in [0.1, 0.15) is 0 Å². The van der Waals surface area contributed by atoms with Crippen LogP contribution in [0.4, 0.5) is 23.9 Å². The SMILES string of the molecule is COc1cc(OC)nc(NC(=O)NP(=O)(OC)c2ncccc2C(F)(F)F)n1. The largest absolute Gasteiger partial charge is 0.481 e. The number of hydrogen-bond acceptors (Lipinski definition) is 8. The van der Waals surface area contributed by atoms with Crippen molar-refractivity contribution in [3.63, 3.8) is 0 Å². The van der Waals surface area contributed by atoms with Crippen molar-refractivity contribution in [3.05, 3.63) is 30.0 Å². The third kappa shape index (κ3) is 4.87. The van der Waals surface area contributed by atoms with Gasteiger partial charge in [-0.15, -0.1) is 0 Å². The van der Waals surface area contributed by atoms with E-state index in [1.807, 2.05) is 5.09 Å². The van der Waals surface area contributed by atoms with Crippen molar-refractivity contribution >= 4 is 24.9 Å². The Kier molecular flexibility index (Phi) is 6.41. The summed E-state index contributed by atoms with van der Waals surface area (Å²) in [6, 6.07) is 1.82. The molecule has 0 aliphatic rings. The molecule has 2 aromatic rings. The normalized spacial score (nSPS) is 13.4. The van der Waals surface area contributed by atoms with Crippen LogP contribution in [0.25, 0.3) is 0 Å². The van der Waals surface area contributed by atoms with Crippen LogP contribution >= 0.6 is 7.52 Å². The van der Waals surface area contributed by atoms with Gasteiger partial charge in [0.2, 0.25) is 17.7 Å². The summed E-state index contributed by atoms with van der Waals surface area (Å²) in [6.45, 7) is 0. The maximum absolute atomic E-state index is 13.2. The van der Waals surface area contributed by atoms with Crippen LogP contribution in [0.1, 0.15) is 5.56 Å². The van der Waals surface area contributed by atoms with Crippen molar-refractivity contribution in [2.24, 2.45) is 0 Å². The highest BCUT2D eigenvalue weighted by Gasteiger charge is 2.42. The molecule has 0 saturated heterocycles. The summed E-state index contributed by atoms with van der Waals surface area (Å²) in [7, 11) is -1.03. The standard InChI is InChI=1S/C14H15F3N5O5P/c1-25-9-7-10(26-2)20-12(19-9)21-13(23)22-28(24,27-3)11-8(14(15,16)17)5-4-6-18-11/h4-7H,1-3H3,(H2,19,20,21,22,23,24). The second kappa shape index (κ2) is 8.40. The molecule has 1 atom stereocenters. The Bertz CT molecular complexity index is 889. The monoisotopic (exact) mass is 421 g/mol. The van der Waals surface area contributed by atoms with E-state index in [-0.39, 0.29) is 17.7 Å². The molecular weight excluding hydrogens is 406 g/mol. The van der Waals surface area contributed by atoms with Gasteiger partial charge in [-0.3, -0.25) is 15.0 Å². The number of carbonyl (C=O) groups excluding carboxylic acids is 1. The van der Waals surface area contributed by atoms with Crippen LogP contribution in [0.15, 0.2) is 24.4 Å². The van der Waals surface area contributed by atoms with Crippen LogP contribution in [0, 0.1) is 0 Å². The fourth-order valence-electron chi connectivity index (χ4n) is 1.97. The van der Waals surface area contributed by atoms with Gasteiger partial charge >= 0.3 is 19.7 Å². The highest BCUT2D eigenvalue weighted by molar-refractivity contribution is 7.65. The Morgan fingerprint density at radius 2 is 1.75 bits per heavy atom. The van der Waals surface area contributed by atoms with E-state index in [1.54, 1.807) is 0 Å². The smallest absolute Gasteiger partial charge is 0.418 e. The van der Waals surface area contributed by atoms with Crippen LogP contribution in [0.5, 0.6) is 11.8 Å². The molecule has 10 nitrogen and oxygen atoms in total. The molecule has 0 aliphatic heterocycles. The van der Waals surface area contributed by atoms with E-state index in [0.717, 1.165) is 19.4 Å². The van der Waals surface area contributed by atoms with Gasteiger partial charge in [-0.1, -0.05) is 0 Å². The Balaban J connectivity index is 2.31. The third-order valence-electron chi connectivity index (χ3n) is 3.20. The average molecular weight is 421 g/mol. The Hall–Kier alpha value is -2.92. The summed E-state index contributed by atoms with van der Waals surface area (Å²) in [4.78, 5) is 23.3. The molecule has 2 heterocycles. The van der Waals surface area contributed by atoms with Gasteiger partial charge in [0.05, 0.1) is 25.8 Å². The first-order chi connectivity index (χ1) is 13.1. The van der Waals surface area contributed by atoms with Crippen LogP contribution < -0.4 is 25.3 Å². The maximum Gasteiger partial charge on any atom is 0.418 e. The van der Waals surface area contributed by atoms with Crippen LogP contribution in [-0.2, 0) is 15.3 Å². The van der Waals surface area contributed by atoms with Crippen molar-refractivity contribution in [3.8, 4) is 11.8 Å². The van der Waals surface area contributed by atoms with Gasteiger partial charge in [-0.25, -0.2) is 9.78 Å². The molecule has 0 bridgehead atoms. The summed E-state index contributed by atoms with van der Waals surface area (Å²) in [5, 5.41) is 3.97. The summed E-state index contributed by atoms with van der Waals surface area (Å²) >= 11 is 0. The number of nitrogens with one attached hydrogen (secondary N) is 2. The highest BCUT2D eigenvalue weighted by atomic mass is 31.2. The number of aromatic nitrogens is 3. The number of nitrogens with zero attached hydrogens (tertiary/aromatic N) is 3. The van der Waals surface area contributed by atoms with Gasteiger partial charge in [-0.05, 0) is 12.1 Å². The molecule has 152 valence electrons. The Labute approximate surface area is 157 Å². The zero-order valence-electron chi connectivity index (χ0n) is 14.8. The summed E-state index contributed by atoms with van der Waals surface area (Å²) in [5.74, 6) is -0.226. The topological polar surface area (TPSA) is 125 Å². The van der Waals surface area contributed by atoms with Gasteiger partial charge in [0.15, 0.2) is 5.44 Å². The van der Waals surface area contributed by atoms with E-state index < -0.39 is 30.7 Å². The van der Waals surface area contributed by atoms with E-state index in [4.69, 9.17) is 9.47 Å². The number of rotatable bonds is 6. The minimum absolute atomic E-state index is 0.0427. The van der Waals surface area contributed by atoms with E-state index in [1.165, 1.54) is 20.3 Å². The second-order valence-electron chi connectivity index (χ2n) is 4.95. The molecule has 0 spiro atoms. The van der Waals surface area contributed by atoms with Crippen molar-refractivity contribution in [1.82, 2.24) is 20.0 Å². The van der Waals surface area contributed by atoms with Gasteiger partial charge in [0.25, 0.3) is 0 Å². The molecule has 1 unspecified atom stereocenters. The van der Waals surface area contributed by atoms with Crippen molar-refractivity contribution in [1.29, 1.82) is 0 Å². The molecular formula is C14H15F3N5O5P. The van der Waals surface area contributed by atoms with Crippen LogP contribution in [0.2, 0.25) is 0 Å². The lowest BCUT2D eigenvalue weighted by atomic mass is 10.3. The minimum Gasteiger partial charge on any atom is -0.481 e. The predicted molar refractivity (Wildman–Crippen MR) is 90.8 cm³/mol. The number of anilines is 1. The second-order valence-corrected chi connectivity index (χ2v) is 7.06. The molecule has 0 fully saturated rings.